The molecule has 3 nitrogen and oxygen atoms in total. The van der Waals surface area contributed by atoms with Gasteiger partial charge >= 0.3 is 5.97 Å². The number of anilines is 1. The van der Waals surface area contributed by atoms with Crippen LogP contribution in [-0.4, -0.2) is 11.1 Å². The molecule has 0 spiro atoms. The van der Waals surface area contributed by atoms with Gasteiger partial charge < -0.3 is 10.4 Å². The highest BCUT2D eigenvalue weighted by Crippen LogP contribution is 2.31. The third-order valence-electron chi connectivity index (χ3n) is 2.69. The van der Waals surface area contributed by atoms with E-state index in [4.69, 9.17) is 23.2 Å². The lowest BCUT2D eigenvalue weighted by atomic mass is 10.1. The van der Waals surface area contributed by atoms with Crippen LogP contribution >= 0.6 is 39.1 Å². The number of carboxylic acids is 1. The molecule has 0 saturated carbocycles. The first-order valence-electron chi connectivity index (χ1n) is 5.68. The Morgan fingerprint density at radius 3 is 2.50 bits per heavy atom. The minimum Gasteiger partial charge on any atom is -0.479 e. The first-order chi connectivity index (χ1) is 9.49. The molecule has 2 rings (SSSR count). The maximum atomic E-state index is 11.5. The number of halogens is 3. The molecule has 1 unspecified atom stereocenters. The van der Waals surface area contributed by atoms with Crippen LogP contribution in [0.3, 0.4) is 0 Å². The Morgan fingerprint density at radius 2 is 1.90 bits per heavy atom. The Labute approximate surface area is 134 Å². The van der Waals surface area contributed by atoms with Crippen molar-refractivity contribution in [2.75, 3.05) is 5.32 Å². The minimum absolute atomic E-state index is 0.310. The second-order valence-corrected chi connectivity index (χ2v) is 5.76. The van der Waals surface area contributed by atoms with Crippen molar-refractivity contribution in [1.29, 1.82) is 0 Å². The maximum absolute atomic E-state index is 11.5. The summed E-state index contributed by atoms with van der Waals surface area (Å²) in [6, 6.07) is 11.0. The third kappa shape index (κ3) is 3.45. The van der Waals surface area contributed by atoms with Crippen molar-refractivity contribution in [3.8, 4) is 0 Å². The van der Waals surface area contributed by atoms with Gasteiger partial charge in [-0.2, -0.15) is 0 Å². The molecule has 0 bridgehead atoms. The Morgan fingerprint density at radius 1 is 1.20 bits per heavy atom. The highest BCUT2D eigenvalue weighted by Gasteiger charge is 2.23. The lowest BCUT2D eigenvalue weighted by molar-refractivity contribution is -0.138. The van der Waals surface area contributed by atoms with Crippen LogP contribution in [0.5, 0.6) is 0 Å². The van der Waals surface area contributed by atoms with Crippen LogP contribution in [0.1, 0.15) is 11.6 Å². The Bertz CT molecular complexity index is 649. The van der Waals surface area contributed by atoms with E-state index in [0.717, 1.165) is 4.47 Å². The molecule has 0 aliphatic heterocycles. The summed E-state index contributed by atoms with van der Waals surface area (Å²) in [5.41, 5.74) is 1.13. The number of nitrogens with one attached hydrogen (secondary N) is 1. The summed E-state index contributed by atoms with van der Waals surface area (Å²) in [7, 11) is 0. The fourth-order valence-corrected chi connectivity index (χ4v) is 2.66. The molecular formula is C14H10BrCl2NO2. The van der Waals surface area contributed by atoms with Crippen molar-refractivity contribution >= 4 is 50.8 Å². The van der Waals surface area contributed by atoms with E-state index in [1.54, 1.807) is 18.2 Å². The van der Waals surface area contributed by atoms with Gasteiger partial charge in [-0.15, -0.1) is 0 Å². The number of hydrogen-bond donors (Lipinski definition) is 2. The van der Waals surface area contributed by atoms with Gasteiger partial charge in [-0.25, -0.2) is 4.79 Å². The standard InChI is InChI=1S/C14H10BrCl2NO2/c15-10-3-1-2-4-12(10)18-13(14(19)20)9-6-5-8(16)7-11(9)17/h1-7,13,18H,(H,19,20). The molecule has 0 amide bonds. The molecule has 0 heterocycles. The molecule has 2 aromatic carbocycles. The number of aliphatic carboxylic acids is 1. The number of rotatable bonds is 4. The van der Waals surface area contributed by atoms with Crippen molar-refractivity contribution in [3.05, 3.63) is 62.5 Å². The van der Waals surface area contributed by atoms with Crippen LogP contribution in [0.25, 0.3) is 0 Å². The average molecular weight is 375 g/mol. The lowest BCUT2D eigenvalue weighted by Crippen LogP contribution is -2.21. The molecule has 0 fully saturated rings. The van der Waals surface area contributed by atoms with Crippen molar-refractivity contribution in [2.24, 2.45) is 0 Å². The van der Waals surface area contributed by atoms with Gasteiger partial charge in [-0.3, -0.25) is 0 Å². The Hall–Kier alpha value is -1.23. The van der Waals surface area contributed by atoms with Crippen LogP contribution in [0.2, 0.25) is 10.0 Å². The van der Waals surface area contributed by atoms with Crippen LogP contribution in [0.4, 0.5) is 5.69 Å². The van der Waals surface area contributed by atoms with Gasteiger partial charge in [0, 0.05) is 25.8 Å². The van der Waals surface area contributed by atoms with E-state index >= 15 is 0 Å². The van der Waals surface area contributed by atoms with Crippen molar-refractivity contribution in [3.63, 3.8) is 0 Å². The predicted molar refractivity (Wildman–Crippen MR) is 84.6 cm³/mol. The predicted octanol–water partition coefficient (Wildman–Crippen LogP) is 4.99. The molecule has 0 aromatic heterocycles. The molecule has 104 valence electrons. The number of carbonyl (C=O) groups is 1. The Balaban J connectivity index is 2.37. The van der Waals surface area contributed by atoms with E-state index in [1.807, 2.05) is 18.2 Å². The van der Waals surface area contributed by atoms with Gasteiger partial charge in [0.25, 0.3) is 0 Å². The zero-order valence-electron chi connectivity index (χ0n) is 10.1. The summed E-state index contributed by atoms with van der Waals surface area (Å²) in [5, 5.41) is 13.1. The van der Waals surface area contributed by atoms with E-state index in [9.17, 15) is 9.90 Å². The van der Waals surface area contributed by atoms with Gasteiger partial charge in [-0.05, 0) is 40.2 Å². The second kappa shape index (κ2) is 6.48. The maximum Gasteiger partial charge on any atom is 0.330 e. The minimum atomic E-state index is -1.02. The fraction of sp³-hybridized carbons (Fsp3) is 0.0714. The summed E-state index contributed by atoms with van der Waals surface area (Å²) in [6.45, 7) is 0. The van der Waals surface area contributed by atoms with E-state index in [0.29, 0.717) is 21.3 Å². The molecule has 1 atom stereocenters. The molecule has 20 heavy (non-hydrogen) atoms. The first-order valence-corrected chi connectivity index (χ1v) is 7.23. The number of hydrogen-bond acceptors (Lipinski definition) is 2. The zero-order chi connectivity index (χ0) is 14.7. The van der Waals surface area contributed by atoms with Crippen LogP contribution in [-0.2, 0) is 4.79 Å². The molecule has 6 heteroatoms. The number of carboxylic acid groups (broad SMARTS) is 1. The largest absolute Gasteiger partial charge is 0.479 e. The highest BCUT2D eigenvalue weighted by atomic mass is 79.9. The van der Waals surface area contributed by atoms with E-state index in [-0.39, 0.29) is 0 Å². The summed E-state index contributed by atoms with van der Waals surface area (Å²) in [5.74, 6) is -1.02. The molecular weight excluding hydrogens is 365 g/mol. The number of benzene rings is 2. The van der Waals surface area contributed by atoms with E-state index in [1.165, 1.54) is 6.07 Å². The SMILES string of the molecule is O=C(O)C(Nc1ccccc1Br)c1ccc(Cl)cc1Cl. The van der Waals surface area contributed by atoms with Gasteiger partial charge in [0.15, 0.2) is 6.04 Å². The summed E-state index contributed by atoms with van der Waals surface area (Å²) < 4.78 is 0.774. The molecule has 0 radical (unpaired) electrons. The highest BCUT2D eigenvalue weighted by molar-refractivity contribution is 9.10. The molecule has 0 aliphatic rings. The van der Waals surface area contributed by atoms with Gasteiger partial charge in [0.2, 0.25) is 0 Å². The van der Waals surface area contributed by atoms with Crippen molar-refractivity contribution in [1.82, 2.24) is 0 Å². The van der Waals surface area contributed by atoms with Crippen molar-refractivity contribution < 1.29 is 9.90 Å². The van der Waals surface area contributed by atoms with Crippen LogP contribution < -0.4 is 5.32 Å². The smallest absolute Gasteiger partial charge is 0.330 e. The summed E-state index contributed by atoms with van der Waals surface area (Å²) in [4.78, 5) is 11.5. The average Bonchev–Trinajstić information content (AvgIpc) is 2.38. The van der Waals surface area contributed by atoms with Crippen LogP contribution in [0, 0.1) is 0 Å². The quantitative estimate of drug-likeness (QED) is 0.792. The topological polar surface area (TPSA) is 49.3 Å². The number of para-hydroxylation sites is 1. The van der Waals surface area contributed by atoms with Gasteiger partial charge in [0.1, 0.15) is 0 Å². The fourth-order valence-electron chi connectivity index (χ4n) is 1.74. The summed E-state index contributed by atoms with van der Waals surface area (Å²) in [6.07, 6.45) is 0. The molecule has 2 aromatic rings. The zero-order valence-corrected chi connectivity index (χ0v) is 13.2. The first kappa shape index (κ1) is 15.2. The third-order valence-corrected chi connectivity index (χ3v) is 3.95. The summed E-state index contributed by atoms with van der Waals surface area (Å²) >= 11 is 15.3. The molecule has 0 aliphatic carbocycles. The normalized spacial score (nSPS) is 11.9. The van der Waals surface area contributed by atoms with E-state index in [2.05, 4.69) is 21.2 Å². The van der Waals surface area contributed by atoms with Crippen molar-refractivity contribution in [2.45, 2.75) is 6.04 Å². The van der Waals surface area contributed by atoms with Gasteiger partial charge in [0.05, 0.1) is 0 Å². The van der Waals surface area contributed by atoms with E-state index < -0.39 is 12.0 Å². The monoisotopic (exact) mass is 373 g/mol. The lowest BCUT2D eigenvalue weighted by Gasteiger charge is -2.18. The van der Waals surface area contributed by atoms with Gasteiger partial charge in [-0.1, -0.05) is 41.4 Å². The second-order valence-electron chi connectivity index (χ2n) is 4.06. The Kier molecular flexibility index (Phi) is 4.91. The van der Waals surface area contributed by atoms with Crippen LogP contribution in [0.15, 0.2) is 46.9 Å². The molecule has 2 N–H and O–H groups in total. The molecule has 0 saturated heterocycles.